The lowest BCUT2D eigenvalue weighted by Crippen LogP contribution is -1.99. The van der Waals surface area contributed by atoms with E-state index in [1.165, 1.54) is 26.9 Å². The smallest absolute Gasteiger partial charge is 0.337 e. The Morgan fingerprint density at radius 1 is 1.44 bits per heavy atom. The van der Waals surface area contributed by atoms with Crippen molar-refractivity contribution in [2.45, 2.75) is 0 Å². The first kappa shape index (κ1) is 11.3. The van der Waals surface area contributed by atoms with Gasteiger partial charge in [0.15, 0.2) is 9.82 Å². The maximum absolute atomic E-state index is 10.9. The van der Waals surface area contributed by atoms with E-state index in [1.807, 2.05) is 0 Å². The van der Waals surface area contributed by atoms with E-state index in [2.05, 4.69) is 9.37 Å². The second kappa shape index (κ2) is 4.73. The van der Waals surface area contributed by atoms with Crippen LogP contribution in [-0.4, -0.2) is 15.4 Å². The fraction of sp³-hybridized carbons (Fsp3) is 0. The van der Waals surface area contributed by atoms with Crippen molar-refractivity contribution >= 4 is 44.1 Å². The Bertz CT molecular complexity index is 591. The number of aromatic carboxylic acids is 1. The highest BCUT2D eigenvalue weighted by molar-refractivity contribution is 7.66. The van der Waals surface area contributed by atoms with Crippen molar-refractivity contribution in [3.63, 3.8) is 0 Å². The van der Waals surface area contributed by atoms with Crippen LogP contribution in [0, 0.1) is 0 Å². The molecular weight excluding hydrogens is 268 g/mol. The normalized spacial score (nSPS) is 11.7. The van der Waals surface area contributed by atoms with Crippen molar-refractivity contribution in [2.24, 2.45) is 4.99 Å². The zero-order valence-corrected chi connectivity index (χ0v) is 10.1. The van der Waals surface area contributed by atoms with E-state index >= 15 is 0 Å². The lowest BCUT2D eigenvalue weighted by Gasteiger charge is -1.97. The molecule has 0 spiro atoms. The SMILES string of the molecule is O=C(O)c1ccccc1N=c1ssnc1Cl. The third-order valence-corrected chi connectivity index (χ3v) is 3.94. The van der Waals surface area contributed by atoms with Gasteiger partial charge in [-0.1, -0.05) is 23.7 Å². The fourth-order valence-electron chi connectivity index (χ4n) is 1.09. The topological polar surface area (TPSA) is 62.5 Å². The molecule has 1 aromatic carbocycles. The largest absolute Gasteiger partial charge is 0.478 e. The Morgan fingerprint density at radius 2 is 2.19 bits per heavy atom. The molecule has 0 atom stereocenters. The molecule has 0 radical (unpaired) electrons. The molecule has 1 heterocycles. The van der Waals surface area contributed by atoms with Crippen LogP contribution in [0.2, 0.25) is 5.15 Å². The molecule has 0 aliphatic carbocycles. The molecule has 0 fully saturated rings. The summed E-state index contributed by atoms with van der Waals surface area (Å²) >= 11 is 5.79. The fourth-order valence-corrected chi connectivity index (χ4v) is 3.07. The highest BCUT2D eigenvalue weighted by Crippen LogP contribution is 2.19. The Labute approximate surface area is 103 Å². The summed E-state index contributed by atoms with van der Waals surface area (Å²) in [5.41, 5.74) is 0.533. The van der Waals surface area contributed by atoms with Gasteiger partial charge in [0.1, 0.15) is 0 Å². The van der Waals surface area contributed by atoms with Crippen LogP contribution in [0.1, 0.15) is 10.4 Å². The number of carboxylic acids is 1. The highest BCUT2D eigenvalue weighted by atomic mass is 35.5. The van der Waals surface area contributed by atoms with Crippen molar-refractivity contribution in [1.29, 1.82) is 0 Å². The summed E-state index contributed by atoms with van der Waals surface area (Å²) in [4.78, 5) is 15.1. The molecule has 7 heteroatoms. The Hall–Kier alpha value is -1.24. The number of para-hydroxylation sites is 1. The van der Waals surface area contributed by atoms with E-state index < -0.39 is 5.97 Å². The van der Waals surface area contributed by atoms with Gasteiger partial charge >= 0.3 is 5.97 Å². The number of nitrogens with zero attached hydrogens (tertiary/aromatic N) is 2. The van der Waals surface area contributed by atoms with Crippen molar-refractivity contribution in [2.75, 3.05) is 0 Å². The van der Waals surface area contributed by atoms with E-state index in [9.17, 15) is 4.79 Å². The van der Waals surface area contributed by atoms with Gasteiger partial charge in [-0.05, 0) is 22.5 Å². The summed E-state index contributed by atoms with van der Waals surface area (Å²) in [5.74, 6) is -1.01. The molecule has 4 nitrogen and oxygen atoms in total. The van der Waals surface area contributed by atoms with Crippen LogP contribution in [0.3, 0.4) is 0 Å². The lowest BCUT2D eigenvalue weighted by molar-refractivity contribution is 0.0698. The molecule has 1 aromatic heterocycles. The van der Waals surface area contributed by atoms with E-state index in [1.54, 1.807) is 18.2 Å². The molecule has 0 aliphatic heterocycles. The number of aromatic nitrogens is 1. The Morgan fingerprint density at radius 3 is 2.81 bits per heavy atom. The van der Waals surface area contributed by atoms with Gasteiger partial charge in [-0.15, -0.1) is 0 Å². The second-order valence-corrected chi connectivity index (χ2v) is 4.97. The van der Waals surface area contributed by atoms with Crippen LogP contribution in [0.5, 0.6) is 0 Å². The monoisotopic (exact) mass is 272 g/mol. The van der Waals surface area contributed by atoms with Gasteiger partial charge in [0.2, 0.25) is 0 Å². The van der Waals surface area contributed by atoms with Crippen LogP contribution in [0.4, 0.5) is 5.69 Å². The van der Waals surface area contributed by atoms with Crippen LogP contribution in [0.25, 0.3) is 0 Å². The molecule has 0 amide bonds. The number of hydrogen-bond donors (Lipinski definition) is 1. The minimum Gasteiger partial charge on any atom is -0.478 e. The third-order valence-electron chi connectivity index (χ3n) is 1.77. The maximum atomic E-state index is 10.9. The zero-order chi connectivity index (χ0) is 11.5. The number of hydrogen-bond acceptors (Lipinski definition) is 5. The molecular formula is C9H5ClN2O2S2. The summed E-state index contributed by atoms with van der Waals surface area (Å²) in [6, 6.07) is 6.51. The molecule has 2 aromatic rings. The minimum atomic E-state index is -1.01. The summed E-state index contributed by atoms with van der Waals surface area (Å²) in [5, 5.41) is 9.26. The number of carboxylic acid groups (broad SMARTS) is 1. The number of carbonyl (C=O) groups is 1. The number of halogens is 1. The van der Waals surface area contributed by atoms with Crippen LogP contribution in [0.15, 0.2) is 29.3 Å². The summed E-state index contributed by atoms with van der Waals surface area (Å²) in [6.07, 6.45) is 0. The first-order valence-electron chi connectivity index (χ1n) is 4.17. The summed E-state index contributed by atoms with van der Waals surface area (Å²) < 4.78 is 4.40. The summed E-state index contributed by atoms with van der Waals surface area (Å²) in [7, 11) is 2.52. The first-order valence-corrected chi connectivity index (χ1v) is 6.65. The van der Waals surface area contributed by atoms with Gasteiger partial charge < -0.3 is 5.11 Å². The van der Waals surface area contributed by atoms with Gasteiger partial charge in [-0.25, -0.2) is 9.79 Å². The Balaban J connectivity index is 2.58. The van der Waals surface area contributed by atoms with Crippen LogP contribution in [-0.2, 0) is 0 Å². The first-order chi connectivity index (χ1) is 7.68. The molecule has 0 saturated carbocycles. The zero-order valence-electron chi connectivity index (χ0n) is 7.75. The minimum absolute atomic E-state index is 0.150. The van der Waals surface area contributed by atoms with Gasteiger partial charge in [0, 0.05) is 10.5 Å². The predicted octanol–water partition coefficient (Wildman–Crippen LogP) is 2.79. The van der Waals surface area contributed by atoms with Crippen molar-refractivity contribution in [3.05, 3.63) is 39.7 Å². The van der Waals surface area contributed by atoms with Crippen molar-refractivity contribution in [1.82, 2.24) is 4.37 Å². The molecule has 82 valence electrons. The molecule has 2 rings (SSSR count). The van der Waals surface area contributed by atoms with Crippen LogP contribution < -0.4 is 4.67 Å². The predicted molar refractivity (Wildman–Crippen MR) is 63.6 cm³/mol. The van der Waals surface area contributed by atoms with Gasteiger partial charge in [0.25, 0.3) is 0 Å². The number of benzene rings is 1. The van der Waals surface area contributed by atoms with E-state index in [0.29, 0.717) is 15.5 Å². The standard InChI is InChI=1S/C9H5ClN2O2S2/c10-7-8(15-16-12-7)11-6-4-2-1-3-5(6)9(13)14/h1-4H,(H,13,14). The second-order valence-electron chi connectivity index (χ2n) is 2.78. The molecule has 0 unspecified atom stereocenters. The van der Waals surface area contributed by atoms with Gasteiger partial charge in [0.05, 0.1) is 11.3 Å². The molecule has 0 bridgehead atoms. The molecule has 1 N–H and O–H groups in total. The average molecular weight is 273 g/mol. The van der Waals surface area contributed by atoms with Crippen LogP contribution >= 0.6 is 32.5 Å². The molecule has 0 aliphatic rings. The number of rotatable bonds is 2. The third kappa shape index (κ3) is 2.29. The average Bonchev–Trinajstić information content (AvgIpc) is 2.65. The quantitative estimate of drug-likeness (QED) is 0.855. The van der Waals surface area contributed by atoms with Gasteiger partial charge in [-0.3, -0.25) is 0 Å². The highest BCUT2D eigenvalue weighted by Gasteiger charge is 2.08. The lowest BCUT2D eigenvalue weighted by atomic mass is 10.2. The van der Waals surface area contributed by atoms with Crippen molar-refractivity contribution in [3.8, 4) is 0 Å². The molecule has 16 heavy (non-hydrogen) atoms. The van der Waals surface area contributed by atoms with E-state index in [4.69, 9.17) is 16.7 Å². The van der Waals surface area contributed by atoms with Gasteiger partial charge in [-0.2, -0.15) is 4.37 Å². The summed E-state index contributed by atoms with van der Waals surface area (Å²) in [6.45, 7) is 0. The molecule has 0 saturated heterocycles. The van der Waals surface area contributed by atoms with Crippen molar-refractivity contribution < 1.29 is 9.90 Å². The Kier molecular flexibility index (Phi) is 3.33. The van der Waals surface area contributed by atoms with E-state index in [-0.39, 0.29) is 5.56 Å². The van der Waals surface area contributed by atoms with E-state index in [0.717, 1.165) is 0 Å². The maximum Gasteiger partial charge on any atom is 0.337 e.